The molecule has 184 valence electrons. The Morgan fingerprint density at radius 3 is 2.78 bits per heavy atom. The van der Waals surface area contributed by atoms with Gasteiger partial charge in [-0.2, -0.15) is 23.4 Å². The van der Waals surface area contributed by atoms with Crippen molar-refractivity contribution in [2.24, 2.45) is 0 Å². The van der Waals surface area contributed by atoms with Crippen molar-refractivity contribution in [1.29, 1.82) is 0 Å². The van der Waals surface area contributed by atoms with Gasteiger partial charge in [0.05, 0.1) is 58.0 Å². The molecule has 9 nitrogen and oxygen atoms in total. The lowest BCUT2D eigenvalue weighted by molar-refractivity contribution is -0.136. The Bertz CT molecular complexity index is 1610. The summed E-state index contributed by atoms with van der Waals surface area (Å²) < 4.78 is 43.8. The molecule has 0 saturated carbocycles. The van der Waals surface area contributed by atoms with Crippen LogP contribution in [0.1, 0.15) is 39.0 Å². The van der Waals surface area contributed by atoms with Crippen molar-refractivity contribution in [1.82, 2.24) is 34.1 Å². The van der Waals surface area contributed by atoms with Gasteiger partial charge in [0, 0.05) is 39.0 Å². The average molecular weight is 494 g/mol. The van der Waals surface area contributed by atoms with Crippen LogP contribution in [0, 0.1) is 0 Å². The highest BCUT2D eigenvalue weighted by Gasteiger charge is 2.39. The molecule has 6 rings (SSSR count). The summed E-state index contributed by atoms with van der Waals surface area (Å²) in [7, 11) is 3.82. The summed E-state index contributed by atoms with van der Waals surface area (Å²) in [5.74, 6) is -0.297. The third kappa shape index (κ3) is 3.40. The maximum atomic E-state index is 13.9. The fraction of sp³-hybridized carbons (Fsp3) is 0.250. The normalized spacial score (nSPS) is 16.0. The molecule has 6 heterocycles. The predicted molar refractivity (Wildman–Crippen MR) is 125 cm³/mol. The number of nitrogens with zero attached hydrogens (tertiary/aromatic N) is 7. The van der Waals surface area contributed by atoms with Crippen LogP contribution in [-0.4, -0.2) is 60.6 Å². The number of imidazole rings is 1. The molecular formula is C24H21F3N8O. The summed E-state index contributed by atoms with van der Waals surface area (Å²) in [6.07, 6.45) is 2.32. The second-order valence-corrected chi connectivity index (χ2v) is 8.91. The number of rotatable bonds is 3. The molecular weight excluding hydrogens is 473 g/mol. The molecule has 5 aromatic heterocycles. The van der Waals surface area contributed by atoms with Crippen molar-refractivity contribution < 1.29 is 18.0 Å². The van der Waals surface area contributed by atoms with E-state index in [-0.39, 0.29) is 11.4 Å². The van der Waals surface area contributed by atoms with Gasteiger partial charge in [0.2, 0.25) is 0 Å². The molecule has 0 fully saturated rings. The number of nitrogens with one attached hydrogen (secondary N) is 1. The van der Waals surface area contributed by atoms with Gasteiger partial charge in [-0.3, -0.25) is 4.79 Å². The van der Waals surface area contributed by atoms with Gasteiger partial charge >= 0.3 is 6.18 Å². The second-order valence-electron chi connectivity index (χ2n) is 8.91. The van der Waals surface area contributed by atoms with Gasteiger partial charge < -0.3 is 14.8 Å². The number of H-pyrrole nitrogens is 1. The van der Waals surface area contributed by atoms with Gasteiger partial charge in [0.15, 0.2) is 0 Å². The largest absolute Gasteiger partial charge is 0.418 e. The molecule has 0 bridgehead atoms. The molecule has 1 N–H and O–H groups in total. The maximum absolute atomic E-state index is 13.9. The first-order valence-electron chi connectivity index (χ1n) is 11.3. The van der Waals surface area contributed by atoms with Gasteiger partial charge in [-0.15, -0.1) is 0 Å². The van der Waals surface area contributed by atoms with E-state index in [0.29, 0.717) is 35.4 Å². The molecule has 1 aliphatic rings. The van der Waals surface area contributed by atoms with Crippen LogP contribution >= 0.6 is 0 Å². The first-order valence-corrected chi connectivity index (χ1v) is 11.3. The van der Waals surface area contributed by atoms with E-state index in [2.05, 4.69) is 20.2 Å². The average Bonchev–Trinajstić information content (AvgIpc) is 3.59. The van der Waals surface area contributed by atoms with Gasteiger partial charge in [0.25, 0.3) is 5.91 Å². The Balaban J connectivity index is 1.46. The number of amides is 1. The van der Waals surface area contributed by atoms with Crippen LogP contribution < -0.4 is 4.90 Å². The lowest BCUT2D eigenvalue weighted by atomic mass is 9.98. The van der Waals surface area contributed by atoms with Crippen LogP contribution in [0.5, 0.6) is 0 Å². The molecule has 0 saturated heterocycles. The second kappa shape index (κ2) is 7.83. The molecule has 1 aliphatic heterocycles. The Morgan fingerprint density at radius 1 is 1.17 bits per heavy atom. The highest BCUT2D eigenvalue weighted by atomic mass is 19.4. The third-order valence-electron chi connectivity index (χ3n) is 6.54. The van der Waals surface area contributed by atoms with Crippen LogP contribution in [0.4, 0.5) is 18.9 Å². The highest BCUT2D eigenvalue weighted by Crippen LogP contribution is 2.37. The van der Waals surface area contributed by atoms with E-state index in [1.807, 2.05) is 37.3 Å². The quantitative estimate of drug-likeness (QED) is 0.414. The van der Waals surface area contributed by atoms with Crippen LogP contribution in [-0.2, 0) is 12.6 Å². The summed E-state index contributed by atoms with van der Waals surface area (Å²) in [4.78, 5) is 24.9. The van der Waals surface area contributed by atoms with E-state index in [1.165, 1.54) is 35.4 Å². The van der Waals surface area contributed by atoms with E-state index in [0.717, 1.165) is 17.4 Å². The van der Waals surface area contributed by atoms with Crippen molar-refractivity contribution in [3.63, 3.8) is 0 Å². The van der Waals surface area contributed by atoms with Crippen LogP contribution in [0.25, 0.3) is 11.0 Å². The van der Waals surface area contributed by atoms with Crippen LogP contribution in [0.2, 0.25) is 0 Å². The number of aromatic nitrogens is 6. The zero-order valence-electron chi connectivity index (χ0n) is 19.4. The summed E-state index contributed by atoms with van der Waals surface area (Å²) in [6.45, 7) is 0.339. The Labute approximate surface area is 202 Å². The van der Waals surface area contributed by atoms with Crippen LogP contribution in [0.3, 0.4) is 0 Å². The predicted octanol–water partition coefficient (Wildman–Crippen LogP) is 3.58. The topological polar surface area (TPSA) is 86.8 Å². The van der Waals surface area contributed by atoms with E-state index >= 15 is 0 Å². The molecule has 0 spiro atoms. The summed E-state index contributed by atoms with van der Waals surface area (Å²) in [5.41, 5.74) is 2.77. The lowest BCUT2D eigenvalue weighted by Crippen LogP contribution is -2.41. The molecule has 0 aliphatic carbocycles. The van der Waals surface area contributed by atoms with Crippen molar-refractivity contribution in [3.8, 4) is 0 Å². The molecule has 0 aromatic carbocycles. The summed E-state index contributed by atoms with van der Waals surface area (Å²) >= 11 is 0. The van der Waals surface area contributed by atoms with E-state index < -0.39 is 17.8 Å². The Kier molecular flexibility index (Phi) is 4.82. The monoisotopic (exact) mass is 494 g/mol. The number of pyridine rings is 2. The molecule has 1 amide bonds. The fourth-order valence-corrected chi connectivity index (χ4v) is 4.76. The van der Waals surface area contributed by atoms with Gasteiger partial charge in [0.1, 0.15) is 6.04 Å². The van der Waals surface area contributed by atoms with Crippen LogP contribution in [0.15, 0.2) is 55.2 Å². The molecule has 12 heteroatoms. The number of hydrogen-bond donors (Lipinski definition) is 1. The number of anilines is 1. The number of carbonyl (C=O) groups is 1. The Hall–Kier alpha value is -4.35. The smallest absolute Gasteiger partial charge is 0.376 e. The molecule has 1 atom stereocenters. The van der Waals surface area contributed by atoms with Gasteiger partial charge in [-0.25, -0.2) is 14.0 Å². The molecule has 0 unspecified atom stereocenters. The van der Waals surface area contributed by atoms with E-state index in [4.69, 9.17) is 0 Å². The number of fused-ring (bicyclic) bond motifs is 3. The number of alkyl halides is 3. The minimum absolute atomic E-state index is 0.0812. The molecule has 5 aromatic rings. The van der Waals surface area contributed by atoms with Crippen molar-refractivity contribution in [2.45, 2.75) is 18.6 Å². The number of hydrogen-bond acceptors (Lipinski definition) is 5. The van der Waals surface area contributed by atoms with E-state index in [9.17, 15) is 18.0 Å². The maximum Gasteiger partial charge on any atom is 0.418 e. The lowest BCUT2D eigenvalue weighted by Gasteiger charge is -2.33. The van der Waals surface area contributed by atoms with Crippen molar-refractivity contribution >= 4 is 22.6 Å². The fourth-order valence-electron chi connectivity index (χ4n) is 4.76. The first kappa shape index (κ1) is 22.1. The van der Waals surface area contributed by atoms with Gasteiger partial charge in [-0.05, 0) is 30.3 Å². The van der Waals surface area contributed by atoms with Crippen molar-refractivity contribution in [3.05, 3.63) is 83.5 Å². The highest BCUT2D eigenvalue weighted by molar-refractivity contribution is 6.01. The van der Waals surface area contributed by atoms with Crippen molar-refractivity contribution in [2.75, 3.05) is 25.5 Å². The Morgan fingerprint density at radius 2 is 2.00 bits per heavy atom. The minimum Gasteiger partial charge on any atom is -0.376 e. The zero-order chi connectivity index (χ0) is 25.2. The summed E-state index contributed by atoms with van der Waals surface area (Å²) in [6, 6.07) is 6.67. The number of halogens is 3. The van der Waals surface area contributed by atoms with E-state index in [1.54, 1.807) is 9.42 Å². The SMILES string of the molecule is CN(C)c1ccc2c(C(=O)N3CCc4[nH]cnc4[C@@H]3c3cc4c(C(F)(F)F)cccn4n3)cnn2c1. The van der Waals surface area contributed by atoms with Gasteiger partial charge in [-0.1, -0.05) is 0 Å². The third-order valence-corrected chi connectivity index (χ3v) is 6.54. The summed E-state index contributed by atoms with van der Waals surface area (Å²) in [5, 5.41) is 8.80. The number of aromatic amines is 1. The molecule has 0 radical (unpaired) electrons. The zero-order valence-corrected chi connectivity index (χ0v) is 19.4. The number of carbonyl (C=O) groups excluding carboxylic acids is 1. The minimum atomic E-state index is -4.54. The molecule has 36 heavy (non-hydrogen) atoms. The standard InChI is InChI=1S/C24H21F3N8O/c1-32(2)14-5-6-19-15(11-30-35(19)12-14)23(36)33-9-7-17-21(29-13-28-17)22(33)18-10-20-16(24(25,26)27)4-3-8-34(20)31-18/h3-6,8,10-13,22H,7,9H2,1-2H3,(H,28,29)/t22-/m0/s1. The first-order chi connectivity index (χ1) is 17.2.